The molecule has 2 nitrogen and oxygen atoms in total. The Kier molecular flexibility index (Phi) is 5.11. The van der Waals surface area contributed by atoms with Crippen molar-refractivity contribution in [2.24, 2.45) is 11.8 Å². The average Bonchev–Trinajstić information content (AvgIpc) is 2.30. The molecule has 0 aromatic heterocycles. The van der Waals surface area contributed by atoms with Crippen LogP contribution in [0, 0.1) is 11.8 Å². The van der Waals surface area contributed by atoms with Gasteiger partial charge in [-0.3, -0.25) is 4.57 Å². The van der Waals surface area contributed by atoms with Gasteiger partial charge in [-0.2, -0.15) is 0 Å². The first kappa shape index (κ1) is 13.6. The quantitative estimate of drug-likeness (QED) is 0.758. The SMILES string of the molecule is O=P(O)(CC1CCCCC1)CC1CCCCC1. The van der Waals surface area contributed by atoms with E-state index in [2.05, 4.69) is 0 Å². The van der Waals surface area contributed by atoms with E-state index < -0.39 is 7.37 Å². The molecule has 0 saturated heterocycles. The summed E-state index contributed by atoms with van der Waals surface area (Å²) in [6, 6.07) is 0. The molecule has 2 fully saturated rings. The maximum Gasteiger partial charge on any atom is 0.201 e. The van der Waals surface area contributed by atoms with Crippen LogP contribution < -0.4 is 0 Å². The van der Waals surface area contributed by atoms with Crippen LogP contribution >= 0.6 is 7.37 Å². The van der Waals surface area contributed by atoms with Crippen LogP contribution in [0.25, 0.3) is 0 Å². The van der Waals surface area contributed by atoms with E-state index in [0.29, 0.717) is 24.2 Å². The fourth-order valence-corrected chi connectivity index (χ4v) is 6.11. The third kappa shape index (κ3) is 4.75. The Labute approximate surface area is 106 Å². The van der Waals surface area contributed by atoms with E-state index in [1.807, 2.05) is 0 Å². The lowest BCUT2D eigenvalue weighted by atomic mass is 9.91. The molecule has 0 unspecified atom stereocenters. The molecule has 0 aromatic rings. The highest BCUT2D eigenvalue weighted by Gasteiger charge is 2.29. The molecule has 0 amide bonds. The first-order valence-electron chi connectivity index (χ1n) is 7.46. The second-order valence-corrected chi connectivity index (χ2v) is 8.64. The predicted molar refractivity (Wildman–Crippen MR) is 72.7 cm³/mol. The van der Waals surface area contributed by atoms with Gasteiger partial charge in [-0.05, 0) is 37.5 Å². The fraction of sp³-hybridized carbons (Fsp3) is 1.00. The lowest BCUT2D eigenvalue weighted by molar-refractivity contribution is 0.353. The molecule has 0 aromatic carbocycles. The van der Waals surface area contributed by atoms with Crippen LogP contribution in [0.1, 0.15) is 64.2 Å². The van der Waals surface area contributed by atoms with E-state index in [9.17, 15) is 9.46 Å². The summed E-state index contributed by atoms with van der Waals surface area (Å²) in [6.07, 6.45) is 13.7. The first-order chi connectivity index (χ1) is 8.16. The van der Waals surface area contributed by atoms with Crippen molar-refractivity contribution < 1.29 is 9.46 Å². The Morgan fingerprint density at radius 2 is 1.12 bits per heavy atom. The normalized spacial score (nSPS) is 25.0. The molecule has 100 valence electrons. The summed E-state index contributed by atoms with van der Waals surface area (Å²) in [7, 11) is -2.83. The number of hydrogen-bond acceptors (Lipinski definition) is 1. The average molecular weight is 258 g/mol. The van der Waals surface area contributed by atoms with Gasteiger partial charge in [-0.15, -0.1) is 0 Å². The van der Waals surface area contributed by atoms with Gasteiger partial charge in [0.2, 0.25) is 7.37 Å². The predicted octanol–water partition coefficient (Wildman–Crippen LogP) is 4.42. The maximum absolute atomic E-state index is 12.3. The zero-order valence-electron chi connectivity index (χ0n) is 10.9. The van der Waals surface area contributed by atoms with Crippen molar-refractivity contribution in [3.05, 3.63) is 0 Å². The summed E-state index contributed by atoms with van der Waals surface area (Å²) in [5, 5.41) is 0. The van der Waals surface area contributed by atoms with Crippen molar-refractivity contribution in [3.8, 4) is 0 Å². The van der Waals surface area contributed by atoms with E-state index in [4.69, 9.17) is 0 Å². The lowest BCUT2D eigenvalue weighted by Crippen LogP contribution is -2.16. The molecule has 17 heavy (non-hydrogen) atoms. The van der Waals surface area contributed by atoms with Gasteiger partial charge in [0.25, 0.3) is 0 Å². The summed E-state index contributed by atoms with van der Waals surface area (Å²) in [6.45, 7) is 0. The fourth-order valence-electron chi connectivity index (χ4n) is 3.62. The summed E-state index contributed by atoms with van der Waals surface area (Å²) in [4.78, 5) is 10.2. The second kappa shape index (κ2) is 6.38. The molecule has 2 aliphatic carbocycles. The van der Waals surface area contributed by atoms with Gasteiger partial charge >= 0.3 is 0 Å². The molecule has 2 rings (SSSR count). The summed E-state index contributed by atoms with van der Waals surface area (Å²) >= 11 is 0. The molecule has 0 radical (unpaired) electrons. The molecule has 0 atom stereocenters. The number of rotatable bonds is 4. The van der Waals surface area contributed by atoms with Crippen molar-refractivity contribution in [1.82, 2.24) is 0 Å². The minimum Gasteiger partial charge on any atom is -0.344 e. The van der Waals surface area contributed by atoms with E-state index in [1.165, 1.54) is 64.2 Å². The van der Waals surface area contributed by atoms with Crippen LogP contribution in [0.3, 0.4) is 0 Å². The standard InChI is InChI=1S/C14H27O2P/c15-17(16,11-13-7-3-1-4-8-13)12-14-9-5-2-6-10-14/h13-14H,1-12H2,(H,15,16). The van der Waals surface area contributed by atoms with Gasteiger partial charge in [0.15, 0.2) is 0 Å². The highest BCUT2D eigenvalue weighted by Crippen LogP contribution is 2.48. The Morgan fingerprint density at radius 3 is 1.47 bits per heavy atom. The molecule has 0 aliphatic heterocycles. The maximum atomic E-state index is 12.3. The van der Waals surface area contributed by atoms with Crippen molar-refractivity contribution in [3.63, 3.8) is 0 Å². The Balaban J connectivity index is 1.78. The molecule has 0 spiro atoms. The largest absolute Gasteiger partial charge is 0.344 e. The molecular formula is C14H27O2P. The Hall–Kier alpha value is 0.190. The van der Waals surface area contributed by atoms with Gasteiger partial charge in [-0.1, -0.05) is 38.5 Å². The minimum absolute atomic E-state index is 0.545. The zero-order valence-corrected chi connectivity index (χ0v) is 11.8. The smallest absolute Gasteiger partial charge is 0.201 e. The highest BCUT2D eigenvalue weighted by atomic mass is 31.2. The van der Waals surface area contributed by atoms with Crippen LogP contribution in [0.2, 0.25) is 0 Å². The van der Waals surface area contributed by atoms with Crippen LogP contribution in [-0.4, -0.2) is 17.2 Å². The van der Waals surface area contributed by atoms with E-state index in [1.54, 1.807) is 0 Å². The minimum atomic E-state index is -2.83. The molecule has 0 bridgehead atoms. The molecule has 1 N–H and O–H groups in total. The second-order valence-electron chi connectivity index (χ2n) is 6.22. The third-order valence-corrected chi connectivity index (χ3v) is 6.71. The third-order valence-electron chi connectivity index (χ3n) is 4.54. The molecule has 3 heteroatoms. The van der Waals surface area contributed by atoms with Gasteiger partial charge in [-0.25, -0.2) is 0 Å². The van der Waals surface area contributed by atoms with E-state index in [0.717, 1.165) is 0 Å². The highest BCUT2D eigenvalue weighted by molar-refractivity contribution is 7.58. The van der Waals surface area contributed by atoms with Crippen molar-refractivity contribution in [2.75, 3.05) is 12.3 Å². The van der Waals surface area contributed by atoms with Gasteiger partial charge in [0, 0.05) is 12.3 Å². The topological polar surface area (TPSA) is 37.3 Å². The van der Waals surface area contributed by atoms with Gasteiger partial charge in [0.1, 0.15) is 0 Å². The molecule has 2 saturated carbocycles. The van der Waals surface area contributed by atoms with Crippen LogP contribution in [0.4, 0.5) is 0 Å². The Morgan fingerprint density at radius 1 is 0.765 bits per heavy atom. The summed E-state index contributed by atoms with van der Waals surface area (Å²) in [5.74, 6) is 1.09. The summed E-state index contributed by atoms with van der Waals surface area (Å²) in [5.41, 5.74) is 0. The summed E-state index contributed by atoms with van der Waals surface area (Å²) < 4.78 is 12.3. The van der Waals surface area contributed by atoms with Crippen molar-refractivity contribution >= 4 is 7.37 Å². The van der Waals surface area contributed by atoms with Crippen LogP contribution in [0.15, 0.2) is 0 Å². The van der Waals surface area contributed by atoms with Crippen LogP contribution in [-0.2, 0) is 4.57 Å². The van der Waals surface area contributed by atoms with Crippen molar-refractivity contribution in [1.29, 1.82) is 0 Å². The molecule has 2 aliphatic rings. The lowest BCUT2D eigenvalue weighted by Gasteiger charge is -2.27. The zero-order chi connectivity index (χ0) is 12.1. The monoisotopic (exact) mass is 258 g/mol. The van der Waals surface area contributed by atoms with E-state index in [-0.39, 0.29) is 0 Å². The van der Waals surface area contributed by atoms with Gasteiger partial charge in [0.05, 0.1) is 0 Å². The van der Waals surface area contributed by atoms with E-state index >= 15 is 0 Å². The molecular weight excluding hydrogens is 231 g/mol. The van der Waals surface area contributed by atoms with Gasteiger partial charge < -0.3 is 4.89 Å². The van der Waals surface area contributed by atoms with Crippen LogP contribution in [0.5, 0.6) is 0 Å². The number of hydrogen-bond donors (Lipinski definition) is 1. The first-order valence-corrected chi connectivity index (χ1v) is 9.49. The van der Waals surface area contributed by atoms with Crippen molar-refractivity contribution in [2.45, 2.75) is 64.2 Å². The Bertz CT molecular complexity index is 241. The molecule has 0 heterocycles.